The van der Waals surface area contributed by atoms with Crippen LogP contribution in [0.1, 0.15) is 18.2 Å². The SMILES string of the molecule is CCc1cc2c(nn1)-c1ccccc1SCC2. The van der Waals surface area contributed by atoms with E-state index in [0.717, 1.165) is 30.0 Å². The number of rotatable bonds is 1. The van der Waals surface area contributed by atoms with Gasteiger partial charge in [-0.2, -0.15) is 5.10 Å². The highest BCUT2D eigenvalue weighted by atomic mass is 32.2. The molecule has 0 saturated heterocycles. The van der Waals surface area contributed by atoms with E-state index in [0.29, 0.717) is 0 Å². The summed E-state index contributed by atoms with van der Waals surface area (Å²) in [5, 5.41) is 8.72. The third kappa shape index (κ3) is 1.95. The Labute approximate surface area is 105 Å². The van der Waals surface area contributed by atoms with E-state index >= 15 is 0 Å². The van der Waals surface area contributed by atoms with Crippen LogP contribution in [0.3, 0.4) is 0 Å². The maximum atomic E-state index is 4.43. The second kappa shape index (κ2) is 4.49. The first-order chi connectivity index (χ1) is 8.38. The van der Waals surface area contributed by atoms with Crippen LogP contribution in [0.2, 0.25) is 0 Å². The molecular weight excluding hydrogens is 228 g/mol. The second-order valence-electron chi connectivity index (χ2n) is 4.16. The van der Waals surface area contributed by atoms with Crippen molar-refractivity contribution in [3.05, 3.63) is 41.6 Å². The van der Waals surface area contributed by atoms with Crippen molar-refractivity contribution in [2.45, 2.75) is 24.7 Å². The fraction of sp³-hybridized carbons (Fsp3) is 0.286. The smallest absolute Gasteiger partial charge is 0.0973 e. The summed E-state index contributed by atoms with van der Waals surface area (Å²) >= 11 is 1.91. The van der Waals surface area contributed by atoms with Gasteiger partial charge in [0.15, 0.2) is 0 Å². The lowest BCUT2D eigenvalue weighted by atomic mass is 10.0. The normalized spacial score (nSPS) is 13.7. The first kappa shape index (κ1) is 10.8. The number of aryl methyl sites for hydroxylation is 2. The van der Waals surface area contributed by atoms with Gasteiger partial charge in [0.1, 0.15) is 0 Å². The minimum absolute atomic E-state index is 0.953. The zero-order valence-electron chi connectivity index (χ0n) is 9.81. The van der Waals surface area contributed by atoms with Crippen LogP contribution in [0.15, 0.2) is 35.2 Å². The molecule has 17 heavy (non-hydrogen) atoms. The quantitative estimate of drug-likeness (QED) is 0.767. The third-order valence-corrected chi connectivity index (χ3v) is 4.13. The van der Waals surface area contributed by atoms with Gasteiger partial charge in [0.25, 0.3) is 0 Å². The summed E-state index contributed by atoms with van der Waals surface area (Å²) in [6.45, 7) is 2.12. The molecule has 1 aromatic carbocycles. The molecule has 1 aliphatic heterocycles. The predicted octanol–water partition coefficient (Wildman–Crippen LogP) is 3.35. The lowest BCUT2D eigenvalue weighted by Crippen LogP contribution is -1.99. The summed E-state index contributed by atoms with van der Waals surface area (Å²) in [4.78, 5) is 1.32. The van der Waals surface area contributed by atoms with E-state index in [9.17, 15) is 0 Å². The van der Waals surface area contributed by atoms with Crippen molar-refractivity contribution >= 4 is 11.8 Å². The molecule has 1 aromatic heterocycles. The third-order valence-electron chi connectivity index (χ3n) is 3.06. The summed E-state index contributed by atoms with van der Waals surface area (Å²) in [7, 11) is 0. The van der Waals surface area contributed by atoms with E-state index in [1.54, 1.807) is 0 Å². The van der Waals surface area contributed by atoms with Gasteiger partial charge in [-0.05, 0) is 30.5 Å². The maximum absolute atomic E-state index is 4.43. The molecule has 2 heterocycles. The molecule has 3 rings (SSSR count). The molecule has 86 valence electrons. The highest BCUT2D eigenvalue weighted by molar-refractivity contribution is 7.99. The van der Waals surface area contributed by atoms with Crippen LogP contribution in [-0.2, 0) is 12.8 Å². The van der Waals surface area contributed by atoms with E-state index < -0.39 is 0 Å². The van der Waals surface area contributed by atoms with E-state index in [-0.39, 0.29) is 0 Å². The Morgan fingerprint density at radius 3 is 3.00 bits per heavy atom. The topological polar surface area (TPSA) is 25.8 Å². The van der Waals surface area contributed by atoms with Crippen molar-refractivity contribution in [2.75, 3.05) is 5.75 Å². The number of fused-ring (bicyclic) bond motifs is 3. The Bertz CT molecular complexity index is 552. The van der Waals surface area contributed by atoms with Gasteiger partial charge in [0, 0.05) is 16.2 Å². The van der Waals surface area contributed by atoms with Crippen LogP contribution in [0.5, 0.6) is 0 Å². The highest BCUT2D eigenvalue weighted by Gasteiger charge is 2.16. The summed E-state index contributed by atoms with van der Waals surface area (Å²) in [6.07, 6.45) is 2.03. The molecule has 2 nitrogen and oxygen atoms in total. The molecule has 2 aromatic rings. The molecule has 0 amide bonds. The zero-order chi connectivity index (χ0) is 11.7. The molecule has 0 aliphatic carbocycles. The summed E-state index contributed by atoms with van der Waals surface area (Å²) in [5.74, 6) is 1.12. The second-order valence-corrected chi connectivity index (χ2v) is 5.29. The Balaban J connectivity index is 2.19. The highest BCUT2D eigenvalue weighted by Crippen LogP contribution is 2.35. The van der Waals surface area contributed by atoms with Gasteiger partial charge in [-0.3, -0.25) is 0 Å². The average Bonchev–Trinajstić information content (AvgIpc) is 2.57. The van der Waals surface area contributed by atoms with Crippen molar-refractivity contribution in [3.63, 3.8) is 0 Å². The van der Waals surface area contributed by atoms with E-state index in [4.69, 9.17) is 0 Å². The molecule has 1 aliphatic rings. The van der Waals surface area contributed by atoms with Crippen LogP contribution in [0, 0.1) is 0 Å². The van der Waals surface area contributed by atoms with Gasteiger partial charge in [0.2, 0.25) is 0 Å². The standard InChI is InChI=1S/C14H14N2S/c1-2-11-9-10-7-8-17-13-6-4-3-5-12(13)14(10)16-15-11/h3-6,9H,2,7-8H2,1H3. The largest absolute Gasteiger partial charge is 0.155 e. The van der Waals surface area contributed by atoms with Crippen LogP contribution in [-0.4, -0.2) is 16.0 Å². The molecule has 3 heteroatoms. The van der Waals surface area contributed by atoms with Crippen LogP contribution in [0.25, 0.3) is 11.3 Å². The summed E-state index contributed by atoms with van der Waals surface area (Å²) < 4.78 is 0. The number of benzene rings is 1. The molecule has 0 radical (unpaired) electrons. The minimum atomic E-state index is 0.953. The number of hydrogen-bond donors (Lipinski definition) is 0. The van der Waals surface area contributed by atoms with Gasteiger partial charge < -0.3 is 0 Å². The van der Waals surface area contributed by atoms with Crippen molar-refractivity contribution in [2.24, 2.45) is 0 Å². The lowest BCUT2D eigenvalue weighted by molar-refractivity contribution is 0.903. The lowest BCUT2D eigenvalue weighted by Gasteiger charge is -2.07. The number of thioether (sulfide) groups is 1. The molecule has 0 N–H and O–H groups in total. The first-order valence-electron chi connectivity index (χ1n) is 5.96. The van der Waals surface area contributed by atoms with Crippen LogP contribution >= 0.6 is 11.8 Å². The fourth-order valence-electron chi connectivity index (χ4n) is 2.13. The van der Waals surface area contributed by atoms with Gasteiger partial charge in [-0.15, -0.1) is 16.9 Å². The number of aromatic nitrogens is 2. The zero-order valence-corrected chi connectivity index (χ0v) is 10.6. The Kier molecular flexibility index (Phi) is 2.85. The Morgan fingerprint density at radius 2 is 2.12 bits per heavy atom. The molecule has 0 bridgehead atoms. The monoisotopic (exact) mass is 242 g/mol. The van der Waals surface area contributed by atoms with Crippen LogP contribution in [0.4, 0.5) is 0 Å². The number of hydrogen-bond acceptors (Lipinski definition) is 3. The molecule has 0 unspecified atom stereocenters. The van der Waals surface area contributed by atoms with Gasteiger partial charge >= 0.3 is 0 Å². The van der Waals surface area contributed by atoms with E-state index in [1.165, 1.54) is 16.0 Å². The van der Waals surface area contributed by atoms with Gasteiger partial charge in [0.05, 0.1) is 11.4 Å². The average molecular weight is 242 g/mol. The maximum Gasteiger partial charge on any atom is 0.0973 e. The molecule has 0 fully saturated rings. The summed E-state index contributed by atoms with van der Waals surface area (Å²) in [6, 6.07) is 10.7. The van der Waals surface area contributed by atoms with Crippen molar-refractivity contribution < 1.29 is 0 Å². The predicted molar refractivity (Wildman–Crippen MR) is 71.3 cm³/mol. The molecule has 0 spiro atoms. The summed E-state index contributed by atoms with van der Waals surface area (Å²) in [5.41, 5.74) is 4.74. The van der Waals surface area contributed by atoms with E-state index in [1.807, 2.05) is 11.8 Å². The van der Waals surface area contributed by atoms with Gasteiger partial charge in [-0.25, -0.2) is 0 Å². The minimum Gasteiger partial charge on any atom is -0.155 e. The van der Waals surface area contributed by atoms with Crippen LogP contribution < -0.4 is 0 Å². The van der Waals surface area contributed by atoms with Crippen molar-refractivity contribution in [1.82, 2.24) is 10.2 Å². The Hall–Kier alpha value is -1.35. The van der Waals surface area contributed by atoms with Crippen molar-refractivity contribution in [1.29, 1.82) is 0 Å². The Morgan fingerprint density at radius 1 is 1.24 bits per heavy atom. The first-order valence-corrected chi connectivity index (χ1v) is 6.94. The van der Waals surface area contributed by atoms with Crippen molar-refractivity contribution in [3.8, 4) is 11.3 Å². The van der Waals surface area contributed by atoms with Gasteiger partial charge in [-0.1, -0.05) is 25.1 Å². The molecular formula is C14H14N2S. The molecule has 0 atom stereocenters. The fourth-order valence-corrected chi connectivity index (χ4v) is 3.16. The number of nitrogens with zero attached hydrogens (tertiary/aromatic N) is 2. The molecule has 0 saturated carbocycles. The van der Waals surface area contributed by atoms with E-state index in [2.05, 4.69) is 47.5 Å².